The summed E-state index contributed by atoms with van der Waals surface area (Å²) >= 11 is 0. The highest BCUT2D eigenvalue weighted by Gasteiger charge is 2.20. The Kier molecular flexibility index (Phi) is 5.36. The van der Waals surface area contributed by atoms with Gasteiger partial charge in [-0.25, -0.2) is 0 Å². The lowest BCUT2D eigenvalue weighted by atomic mass is 9.89. The third kappa shape index (κ3) is 3.88. The fraction of sp³-hybridized carbons (Fsp3) is 0.350. The van der Waals surface area contributed by atoms with E-state index in [-0.39, 0.29) is 0 Å². The molecule has 0 bridgehead atoms. The molecular weight excluding hydrogens is 300 g/mol. The molecule has 1 N–H and O–H groups in total. The van der Waals surface area contributed by atoms with Crippen molar-refractivity contribution >= 4 is 12.1 Å². The maximum absolute atomic E-state index is 10.3. The quantitative estimate of drug-likeness (QED) is 0.829. The summed E-state index contributed by atoms with van der Waals surface area (Å²) in [6.45, 7) is 2.73. The lowest BCUT2D eigenvalue weighted by Crippen LogP contribution is -2.32. The van der Waals surface area contributed by atoms with Crippen molar-refractivity contribution in [3.05, 3.63) is 59.7 Å². The van der Waals surface area contributed by atoms with Crippen LogP contribution in [0.25, 0.3) is 0 Å². The molecule has 0 unspecified atom stereocenters. The number of methoxy groups -OCH3 is 1. The van der Waals surface area contributed by atoms with E-state index < -0.39 is 0 Å². The Balaban J connectivity index is 1.56. The van der Waals surface area contributed by atoms with Crippen LogP contribution in [0.2, 0.25) is 0 Å². The minimum atomic E-state index is 0.587. The number of hydrogen-bond acceptors (Lipinski definition) is 3. The van der Waals surface area contributed by atoms with Gasteiger partial charge in [0.15, 0.2) is 0 Å². The number of nitrogens with zero attached hydrogens (tertiary/aromatic N) is 1. The van der Waals surface area contributed by atoms with Gasteiger partial charge in [-0.3, -0.25) is 4.79 Å². The Morgan fingerprint density at radius 3 is 2.33 bits per heavy atom. The van der Waals surface area contributed by atoms with Gasteiger partial charge in [0.25, 0.3) is 0 Å². The van der Waals surface area contributed by atoms with Gasteiger partial charge in [0.05, 0.1) is 7.11 Å². The predicted octanol–water partition coefficient (Wildman–Crippen LogP) is 3.33. The number of carbonyl (C=O) groups is 1. The Morgan fingerprint density at radius 1 is 1.08 bits per heavy atom. The predicted molar refractivity (Wildman–Crippen MR) is 96.5 cm³/mol. The molecule has 4 heteroatoms. The van der Waals surface area contributed by atoms with Crippen LogP contribution in [0, 0.1) is 0 Å². The van der Waals surface area contributed by atoms with Crippen LogP contribution in [0.15, 0.2) is 48.5 Å². The summed E-state index contributed by atoms with van der Waals surface area (Å²) in [6.07, 6.45) is 3.07. The molecule has 1 heterocycles. The lowest BCUT2D eigenvalue weighted by molar-refractivity contribution is -0.109. The number of piperidine rings is 1. The average Bonchev–Trinajstić information content (AvgIpc) is 2.67. The second-order valence-electron chi connectivity index (χ2n) is 6.20. The third-order valence-corrected chi connectivity index (χ3v) is 4.77. The van der Waals surface area contributed by atoms with Crippen LogP contribution in [0.1, 0.15) is 29.9 Å². The van der Waals surface area contributed by atoms with Crippen molar-refractivity contribution in [2.24, 2.45) is 0 Å². The molecule has 2 aromatic rings. The molecule has 1 aliphatic heterocycles. The van der Waals surface area contributed by atoms with Crippen LogP contribution in [-0.2, 0) is 11.3 Å². The van der Waals surface area contributed by atoms with E-state index in [2.05, 4.69) is 46.6 Å². The summed E-state index contributed by atoms with van der Waals surface area (Å²) in [7, 11) is 1.70. The molecule has 0 aromatic heterocycles. The monoisotopic (exact) mass is 324 g/mol. The zero-order chi connectivity index (χ0) is 16.8. The highest BCUT2D eigenvalue weighted by molar-refractivity contribution is 5.50. The van der Waals surface area contributed by atoms with Gasteiger partial charge >= 0.3 is 0 Å². The molecule has 0 radical (unpaired) electrons. The third-order valence-electron chi connectivity index (χ3n) is 4.77. The topological polar surface area (TPSA) is 41.6 Å². The molecule has 2 aromatic carbocycles. The maximum Gasteiger partial charge on any atom is 0.207 e. The number of rotatable bonds is 6. The summed E-state index contributed by atoms with van der Waals surface area (Å²) in [5.74, 6) is 1.54. The molecule has 24 heavy (non-hydrogen) atoms. The Labute approximate surface area is 143 Å². The fourth-order valence-electron chi connectivity index (χ4n) is 3.33. The van der Waals surface area contributed by atoms with E-state index in [1.165, 1.54) is 24.1 Å². The van der Waals surface area contributed by atoms with Crippen molar-refractivity contribution < 1.29 is 9.53 Å². The smallest absolute Gasteiger partial charge is 0.207 e. The van der Waals surface area contributed by atoms with E-state index in [1.54, 1.807) is 7.11 Å². The first kappa shape index (κ1) is 16.4. The van der Waals surface area contributed by atoms with Crippen molar-refractivity contribution in [1.29, 1.82) is 0 Å². The second kappa shape index (κ2) is 7.86. The number of ether oxygens (including phenoxy) is 1. The largest absolute Gasteiger partial charge is 0.497 e. The Hall–Kier alpha value is -2.49. The summed E-state index contributed by atoms with van der Waals surface area (Å²) in [5, 5.41) is 2.69. The minimum Gasteiger partial charge on any atom is -0.497 e. The number of benzene rings is 2. The molecule has 126 valence electrons. The Bertz CT molecular complexity index is 644. The zero-order valence-corrected chi connectivity index (χ0v) is 14.1. The summed E-state index contributed by atoms with van der Waals surface area (Å²) in [4.78, 5) is 12.8. The molecule has 1 fully saturated rings. The van der Waals surface area contributed by atoms with Gasteiger partial charge in [-0.2, -0.15) is 0 Å². The molecular formula is C20H24N2O2. The average molecular weight is 324 g/mol. The van der Waals surface area contributed by atoms with Gasteiger partial charge in [-0.05, 0) is 54.2 Å². The van der Waals surface area contributed by atoms with Crippen molar-refractivity contribution in [3.8, 4) is 5.75 Å². The zero-order valence-electron chi connectivity index (χ0n) is 14.1. The summed E-state index contributed by atoms with van der Waals surface area (Å²) in [6, 6.07) is 16.9. The number of hydrogen-bond donors (Lipinski definition) is 1. The summed E-state index contributed by atoms with van der Waals surface area (Å²) in [5.41, 5.74) is 3.79. The lowest BCUT2D eigenvalue weighted by Gasteiger charge is -2.34. The highest BCUT2D eigenvalue weighted by atomic mass is 16.5. The van der Waals surface area contributed by atoms with Gasteiger partial charge in [-0.1, -0.05) is 24.3 Å². The van der Waals surface area contributed by atoms with Gasteiger partial charge in [-0.15, -0.1) is 0 Å². The first-order valence-corrected chi connectivity index (χ1v) is 8.45. The maximum atomic E-state index is 10.3. The number of nitrogens with one attached hydrogen (secondary N) is 1. The molecule has 0 saturated carbocycles. The van der Waals surface area contributed by atoms with E-state index in [9.17, 15) is 4.79 Å². The van der Waals surface area contributed by atoms with E-state index in [1.807, 2.05) is 12.1 Å². The standard InChI is InChI=1S/C20H24N2O2/c1-24-20-8-4-17(5-9-20)18-10-12-22(13-11-18)19-6-2-16(3-7-19)14-21-15-23/h2-9,15,18H,10-14H2,1H3,(H,21,23). The van der Waals surface area contributed by atoms with Gasteiger partial charge in [0.2, 0.25) is 6.41 Å². The SMILES string of the molecule is COc1ccc(C2CCN(c3ccc(CNC=O)cc3)CC2)cc1. The first-order chi connectivity index (χ1) is 11.8. The van der Waals surface area contributed by atoms with Gasteiger partial charge < -0.3 is 15.0 Å². The molecule has 1 saturated heterocycles. The number of amides is 1. The van der Waals surface area contributed by atoms with Crippen LogP contribution >= 0.6 is 0 Å². The highest BCUT2D eigenvalue weighted by Crippen LogP contribution is 2.31. The first-order valence-electron chi connectivity index (χ1n) is 8.45. The van der Waals surface area contributed by atoms with Crippen molar-refractivity contribution in [2.75, 3.05) is 25.1 Å². The van der Waals surface area contributed by atoms with Crippen LogP contribution in [-0.4, -0.2) is 26.6 Å². The molecule has 1 aliphatic rings. The number of anilines is 1. The Morgan fingerprint density at radius 2 is 1.75 bits per heavy atom. The molecule has 4 nitrogen and oxygen atoms in total. The molecule has 0 atom stereocenters. The van der Waals surface area contributed by atoms with Crippen molar-refractivity contribution in [1.82, 2.24) is 5.32 Å². The van der Waals surface area contributed by atoms with E-state index in [0.29, 0.717) is 12.5 Å². The second-order valence-corrected chi connectivity index (χ2v) is 6.20. The van der Waals surface area contributed by atoms with Crippen molar-refractivity contribution in [3.63, 3.8) is 0 Å². The molecule has 0 spiro atoms. The normalized spacial score (nSPS) is 15.1. The van der Waals surface area contributed by atoms with Crippen molar-refractivity contribution in [2.45, 2.75) is 25.3 Å². The van der Waals surface area contributed by atoms with Gasteiger partial charge in [0, 0.05) is 25.3 Å². The van der Waals surface area contributed by atoms with Crippen LogP contribution < -0.4 is 15.0 Å². The van der Waals surface area contributed by atoms with E-state index in [4.69, 9.17) is 4.74 Å². The van der Waals surface area contributed by atoms with E-state index in [0.717, 1.165) is 30.8 Å². The van der Waals surface area contributed by atoms with Gasteiger partial charge in [0.1, 0.15) is 5.75 Å². The van der Waals surface area contributed by atoms with Crippen LogP contribution in [0.4, 0.5) is 5.69 Å². The molecule has 1 amide bonds. The van der Waals surface area contributed by atoms with Crippen LogP contribution in [0.5, 0.6) is 5.75 Å². The minimum absolute atomic E-state index is 0.587. The molecule has 3 rings (SSSR count). The summed E-state index contributed by atoms with van der Waals surface area (Å²) < 4.78 is 5.23. The fourth-order valence-corrected chi connectivity index (χ4v) is 3.33. The molecule has 0 aliphatic carbocycles. The number of carbonyl (C=O) groups excluding carboxylic acids is 1. The van der Waals surface area contributed by atoms with Crippen LogP contribution in [0.3, 0.4) is 0 Å². The van der Waals surface area contributed by atoms with E-state index >= 15 is 0 Å².